The van der Waals surface area contributed by atoms with E-state index in [0.29, 0.717) is 5.69 Å². The van der Waals surface area contributed by atoms with Crippen LogP contribution in [0.25, 0.3) is 11.3 Å². The second-order valence-corrected chi connectivity index (χ2v) is 7.38. The quantitative estimate of drug-likeness (QED) is 0.735. The highest BCUT2D eigenvalue weighted by molar-refractivity contribution is 7.92. The third-order valence-electron chi connectivity index (χ3n) is 3.70. The first-order valence-electron chi connectivity index (χ1n) is 7.46. The van der Waals surface area contributed by atoms with E-state index in [4.69, 9.17) is 0 Å². The molecule has 0 radical (unpaired) electrons. The lowest BCUT2D eigenvalue weighted by Crippen LogP contribution is -2.18. The molecule has 0 unspecified atom stereocenters. The number of aryl methyl sites for hydroxylation is 3. The van der Waals surface area contributed by atoms with Crippen molar-refractivity contribution in [1.29, 1.82) is 0 Å². The van der Waals surface area contributed by atoms with Crippen LogP contribution in [-0.4, -0.2) is 28.2 Å². The van der Waals surface area contributed by atoms with Crippen LogP contribution in [0.15, 0.2) is 46.3 Å². The number of nitrogens with one attached hydrogen (secondary N) is 2. The molecule has 0 bridgehead atoms. The van der Waals surface area contributed by atoms with Crippen molar-refractivity contribution in [2.45, 2.75) is 18.7 Å². The topological polar surface area (TPSA) is 110 Å². The van der Waals surface area contributed by atoms with Gasteiger partial charge < -0.3 is 0 Å². The van der Waals surface area contributed by atoms with Gasteiger partial charge in [-0.1, -0.05) is 18.2 Å². The van der Waals surface area contributed by atoms with E-state index in [9.17, 15) is 13.2 Å². The van der Waals surface area contributed by atoms with E-state index in [1.165, 1.54) is 23.1 Å². The minimum atomic E-state index is -3.89. The second-order valence-electron chi connectivity index (χ2n) is 5.70. The third-order valence-corrected chi connectivity index (χ3v) is 4.99. The van der Waals surface area contributed by atoms with E-state index in [1.807, 2.05) is 32.0 Å². The number of hydrogen-bond acceptors (Lipinski definition) is 5. The van der Waals surface area contributed by atoms with Gasteiger partial charge in [0.15, 0.2) is 0 Å². The summed E-state index contributed by atoms with van der Waals surface area (Å²) < 4.78 is 28.4. The molecule has 0 fully saturated rings. The van der Waals surface area contributed by atoms with Gasteiger partial charge in [-0.3, -0.25) is 14.5 Å². The molecule has 0 spiro atoms. The number of benzene rings is 1. The van der Waals surface area contributed by atoms with Crippen molar-refractivity contribution >= 4 is 16.0 Å². The summed E-state index contributed by atoms with van der Waals surface area (Å²) in [6, 6.07) is 7.07. The number of rotatable bonds is 4. The van der Waals surface area contributed by atoms with Gasteiger partial charge in [-0.2, -0.15) is 5.10 Å². The Hall–Kier alpha value is -2.94. The van der Waals surface area contributed by atoms with Crippen LogP contribution >= 0.6 is 0 Å². The summed E-state index contributed by atoms with van der Waals surface area (Å²) in [6.07, 6.45) is 2.57. The fraction of sp³-hybridized carbons (Fsp3) is 0.188. The minimum absolute atomic E-state index is 0.0184. The van der Waals surface area contributed by atoms with Crippen molar-refractivity contribution in [3.63, 3.8) is 0 Å². The Labute approximate surface area is 144 Å². The summed E-state index contributed by atoms with van der Waals surface area (Å²) in [7, 11) is -2.28. The van der Waals surface area contributed by atoms with E-state index in [1.54, 1.807) is 7.05 Å². The minimum Gasteiger partial charge on any atom is -0.292 e. The van der Waals surface area contributed by atoms with Gasteiger partial charge in [0.05, 0.1) is 11.9 Å². The SMILES string of the molecule is Cc1cccc(C)c1-c1cc(=O)[nH]c(NS(=O)(=O)c2cnn(C)c2)n1. The molecule has 3 rings (SSSR count). The lowest BCUT2D eigenvalue weighted by molar-refractivity contribution is 0.600. The molecule has 0 amide bonds. The van der Waals surface area contributed by atoms with Crippen LogP contribution in [0.1, 0.15) is 11.1 Å². The standard InChI is InChI=1S/C16H17N5O3S/c1-10-5-4-6-11(2)15(10)13-7-14(22)19-16(18-13)20-25(23,24)12-8-17-21(3)9-12/h4-9H,1-3H3,(H2,18,19,20,22). The molecule has 2 heterocycles. The van der Waals surface area contributed by atoms with Gasteiger partial charge >= 0.3 is 0 Å². The normalized spacial score (nSPS) is 11.5. The van der Waals surface area contributed by atoms with Crippen molar-refractivity contribution in [2.75, 3.05) is 4.72 Å². The zero-order valence-electron chi connectivity index (χ0n) is 13.9. The van der Waals surface area contributed by atoms with E-state index in [0.717, 1.165) is 16.7 Å². The molecule has 0 aliphatic heterocycles. The Kier molecular flexibility index (Phi) is 4.17. The summed E-state index contributed by atoms with van der Waals surface area (Å²) in [6.45, 7) is 3.81. The Morgan fingerprint density at radius 2 is 1.88 bits per heavy atom. The molecule has 0 aliphatic rings. The molecule has 25 heavy (non-hydrogen) atoms. The zero-order valence-corrected chi connectivity index (χ0v) is 14.8. The number of hydrogen-bond donors (Lipinski definition) is 2. The molecule has 130 valence electrons. The van der Waals surface area contributed by atoms with E-state index in [-0.39, 0.29) is 10.8 Å². The molecular formula is C16H17N5O3S. The molecule has 8 nitrogen and oxygen atoms in total. The highest BCUT2D eigenvalue weighted by Gasteiger charge is 2.18. The van der Waals surface area contributed by atoms with Gasteiger partial charge in [0.1, 0.15) is 4.90 Å². The maximum atomic E-state index is 12.4. The number of aromatic amines is 1. The summed E-state index contributed by atoms with van der Waals surface area (Å²) in [5.74, 6) is -0.144. The van der Waals surface area contributed by atoms with Crippen molar-refractivity contribution in [2.24, 2.45) is 7.05 Å². The average molecular weight is 359 g/mol. The molecule has 9 heteroatoms. The number of anilines is 1. The fourth-order valence-corrected chi connectivity index (χ4v) is 3.52. The Morgan fingerprint density at radius 1 is 1.20 bits per heavy atom. The average Bonchev–Trinajstić information content (AvgIpc) is 2.93. The summed E-state index contributed by atoms with van der Waals surface area (Å²) in [4.78, 5) is 18.6. The van der Waals surface area contributed by atoms with Crippen molar-refractivity contribution < 1.29 is 8.42 Å². The molecular weight excluding hydrogens is 342 g/mol. The molecule has 3 aromatic rings. The smallest absolute Gasteiger partial charge is 0.267 e. The van der Waals surface area contributed by atoms with E-state index < -0.39 is 15.6 Å². The Morgan fingerprint density at radius 3 is 2.48 bits per heavy atom. The van der Waals surface area contributed by atoms with Crippen molar-refractivity contribution in [3.05, 3.63) is 58.1 Å². The largest absolute Gasteiger partial charge is 0.292 e. The number of aromatic nitrogens is 4. The van der Waals surface area contributed by atoms with Crippen molar-refractivity contribution in [3.8, 4) is 11.3 Å². The number of nitrogens with zero attached hydrogens (tertiary/aromatic N) is 3. The van der Waals surface area contributed by atoms with Crippen LogP contribution in [0.3, 0.4) is 0 Å². The summed E-state index contributed by atoms with van der Waals surface area (Å²) >= 11 is 0. The second kappa shape index (κ2) is 6.17. The first-order chi connectivity index (χ1) is 11.8. The van der Waals surface area contributed by atoms with Gasteiger partial charge in [0.2, 0.25) is 5.95 Å². The van der Waals surface area contributed by atoms with Crippen LogP contribution < -0.4 is 10.3 Å². The molecule has 1 aromatic carbocycles. The molecule has 2 aromatic heterocycles. The predicted molar refractivity (Wildman–Crippen MR) is 93.8 cm³/mol. The molecule has 0 aliphatic carbocycles. The fourth-order valence-electron chi connectivity index (χ4n) is 2.58. The highest BCUT2D eigenvalue weighted by atomic mass is 32.2. The monoisotopic (exact) mass is 359 g/mol. The lowest BCUT2D eigenvalue weighted by Gasteiger charge is -2.11. The maximum Gasteiger partial charge on any atom is 0.267 e. The van der Waals surface area contributed by atoms with Crippen LogP contribution in [-0.2, 0) is 17.1 Å². The molecule has 0 atom stereocenters. The zero-order chi connectivity index (χ0) is 18.2. The van der Waals surface area contributed by atoms with Gasteiger partial charge in [-0.15, -0.1) is 0 Å². The van der Waals surface area contributed by atoms with Crippen LogP contribution in [0.5, 0.6) is 0 Å². The van der Waals surface area contributed by atoms with Gasteiger partial charge in [-0.25, -0.2) is 18.1 Å². The number of sulfonamides is 1. The molecule has 0 saturated heterocycles. The first kappa shape index (κ1) is 16.9. The van der Waals surface area contributed by atoms with Crippen LogP contribution in [0.2, 0.25) is 0 Å². The number of H-pyrrole nitrogens is 1. The van der Waals surface area contributed by atoms with Gasteiger partial charge in [-0.05, 0) is 25.0 Å². The Bertz CT molecular complexity index is 1080. The summed E-state index contributed by atoms with van der Waals surface area (Å²) in [5, 5.41) is 3.84. The molecule has 2 N–H and O–H groups in total. The third kappa shape index (κ3) is 3.45. The van der Waals surface area contributed by atoms with Gasteiger partial charge in [0.25, 0.3) is 15.6 Å². The first-order valence-corrected chi connectivity index (χ1v) is 8.94. The predicted octanol–water partition coefficient (Wildman–Crippen LogP) is 1.59. The van der Waals surface area contributed by atoms with Gasteiger partial charge in [0, 0.05) is 24.9 Å². The van der Waals surface area contributed by atoms with E-state index >= 15 is 0 Å². The maximum absolute atomic E-state index is 12.4. The molecule has 0 saturated carbocycles. The summed E-state index contributed by atoms with van der Waals surface area (Å²) in [5.41, 5.74) is 2.65. The van der Waals surface area contributed by atoms with E-state index in [2.05, 4.69) is 19.8 Å². The van der Waals surface area contributed by atoms with Crippen molar-refractivity contribution in [1.82, 2.24) is 19.7 Å². The Balaban J connectivity index is 2.05. The lowest BCUT2D eigenvalue weighted by atomic mass is 10.00. The van der Waals surface area contributed by atoms with Crippen LogP contribution in [0, 0.1) is 13.8 Å². The highest BCUT2D eigenvalue weighted by Crippen LogP contribution is 2.25. The van der Waals surface area contributed by atoms with Crippen LogP contribution in [0.4, 0.5) is 5.95 Å².